The molecule has 2 aliphatic carbocycles. The van der Waals surface area contributed by atoms with Crippen LogP contribution in [0, 0.1) is 11.3 Å². The van der Waals surface area contributed by atoms with Crippen LogP contribution in [0.5, 0.6) is 0 Å². The standard InChI is InChI=1S/C13H23NO/c15-12-6-11(7-12)8-14-9-13(10-14)4-2-1-3-5-13/h11-12,15H,1-10H2. The minimum atomic E-state index is 0.0277. The first-order valence-electron chi connectivity index (χ1n) is 6.66. The van der Waals surface area contributed by atoms with E-state index in [4.69, 9.17) is 0 Å². The summed E-state index contributed by atoms with van der Waals surface area (Å²) in [6.07, 6.45) is 9.52. The fourth-order valence-electron chi connectivity index (χ4n) is 3.86. The van der Waals surface area contributed by atoms with Gasteiger partial charge in [-0.1, -0.05) is 19.3 Å². The number of hydrogen-bond donors (Lipinski definition) is 1. The Bertz CT molecular complexity index is 221. The van der Waals surface area contributed by atoms with Crippen LogP contribution in [0.25, 0.3) is 0 Å². The first-order valence-corrected chi connectivity index (χ1v) is 6.66. The molecule has 0 aromatic heterocycles. The van der Waals surface area contributed by atoms with Crippen molar-refractivity contribution in [2.75, 3.05) is 19.6 Å². The van der Waals surface area contributed by atoms with Gasteiger partial charge in [0.25, 0.3) is 0 Å². The molecule has 1 spiro atoms. The molecule has 1 saturated heterocycles. The highest BCUT2D eigenvalue weighted by Gasteiger charge is 2.44. The van der Waals surface area contributed by atoms with Crippen molar-refractivity contribution in [3.05, 3.63) is 0 Å². The number of rotatable bonds is 2. The zero-order valence-electron chi connectivity index (χ0n) is 9.62. The molecule has 1 aliphatic heterocycles. The van der Waals surface area contributed by atoms with Crippen LogP contribution in [0.1, 0.15) is 44.9 Å². The van der Waals surface area contributed by atoms with E-state index < -0.39 is 0 Å². The maximum atomic E-state index is 9.25. The average molecular weight is 209 g/mol. The van der Waals surface area contributed by atoms with Crippen molar-refractivity contribution in [3.63, 3.8) is 0 Å². The summed E-state index contributed by atoms with van der Waals surface area (Å²) in [5.41, 5.74) is 0.737. The van der Waals surface area contributed by atoms with Crippen molar-refractivity contribution in [3.8, 4) is 0 Å². The van der Waals surface area contributed by atoms with E-state index in [0.29, 0.717) is 0 Å². The molecule has 3 aliphatic rings. The summed E-state index contributed by atoms with van der Waals surface area (Å²) < 4.78 is 0. The van der Waals surface area contributed by atoms with Crippen molar-refractivity contribution in [2.45, 2.75) is 51.0 Å². The van der Waals surface area contributed by atoms with Crippen molar-refractivity contribution < 1.29 is 5.11 Å². The summed E-state index contributed by atoms with van der Waals surface area (Å²) in [7, 11) is 0. The molecule has 86 valence electrons. The third-order valence-electron chi connectivity index (χ3n) is 4.76. The fourth-order valence-corrected chi connectivity index (χ4v) is 3.86. The highest BCUT2D eigenvalue weighted by atomic mass is 16.3. The van der Waals surface area contributed by atoms with Gasteiger partial charge in [-0.25, -0.2) is 0 Å². The Morgan fingerprint density at radius 3 is 2.33 bits per heavy atom. The van der Waals surface area contributed by atoms with Gasteiger partial charge in [0.2, 0.25) is 0 Å². The molecule has 0 radical (unpaired) electrons. The molecule has 0 aromatic carbocycles. The summed E-state index contributed by atoms with van der Waals surface area (Å²) in [4.78, 5) is 2.63. The van der Waals surface area contributed by atoms with E-state index in [9.17, 15) is 5.11 Å². The number of nitrogens with zero attached hydrogens (tertiary/aromatic N) is 1. The number of hydrogen-bond acceptors (Lipinski definition) is 2. The van der Waals surface area contributed by atoms with Gasteiger partial charge in [-0.05, 0) is 37.0 Å². The maximum absolute atomic E-state index is 9.25. The predicted octanol–water partition coefficient (Wildman–Crippen LogP) is 2.02. The quantitative estimate of drug-likeness (QED) is 0.752. The number of aliphatic hydroxyl groups excluding tert-OH is 1. The summed E-state index contributed by atoms with van der Waals surface area (Å²) in [5, 5.41) is 9.25. The molecule has 15 heavy (non-hydrogen) atoms. The van der Waals surface area contributed by atoms with E-state index >= 15 is 0 Å². The molecule has 0 amide bonds. The highest BCUT2D eigenvalue weighted by Crippen LogP contribution is 2.44. The largest absolute Gasteiger partial charge is 0.393 e. The molecule has 3 rings (SSSR count). The molecule has 2 nitrogen and oxygen atoms in total. The topological polar surface area (TPSA) is 23.5 Å². The minimum absolute atomic E-state index is 0.0277. The van der Waals surface area contributed by atoms with E-state index in [2.05, 4.69) is 4.90 Å². The number of likely N-dealkylation sites (tertiary alicyclic amines) is 1. The molecule has 0 bridgehead atoms. The Kier molecular flexibility index (Phi) is 2.52. The molecular weight excluding hydrogens is 186 g/mol. The Labute approximate surface area is 92.7 Å². The molecule has 0 unspecified atom stereocenters. The lowest BCUT2D eigenvalue weighted by Crippen LogP contribution is -2.58. The summed E-state index contributed by atoms with van der Waals surface area (Å²) in [6, 6.07) is 0. The van der Waals surface area contributed by atoms with Crippen LogP contribution in [-0.2, 0) is 0 Å². The van der Waals surface area contributed by atoms with Gasteiger partial charge in [0.05, 0.1) is 6.10 Å². The van der Waals surface area contributed by atoms with Crippen molar-refractivity contribution in [2.24, 2.45) is 11.3 Å². The minimum Gasteiger partial charge on any atom is -0.393 e. The maximum Gasteiger partial charge on any atom is 0.0546 e. The van der Waals surface area contributed by atoms with Crippen LogP contribution < -0.4 is 0 Å². The Morgan fingerprint density at radius 1 is 1.07 bits per heavy atom. The van der Waals surface area contributed by atoms with Gasteiger partial charge >= 0.3 is 0 Å². The Morgan fingerprint density at radius 2 is 1.73 bits per heavy atom. The van der Waals surface area contributed by atoms with Crippen LogP contribution in [0.2, 0.25) is 0 Å². The van der Waals surface area contributed by atoms with Crippen molar-refractivity contribution in [1.82, 2.24) is 4.90 Å². The molecule has 0 atom stereocenters. The van der Waals surface area contributed by atoms with Gasteiger partial charge in [0, 0.05) is 19.6 Å². The Balaban J connectivity index is 1.41. The highest BCUT2D eigenvalue weighted by molar-refractivity contribution is 4.97. The molecule has 2 heteroatoms. The van der Waals surface area contributed by atoms with Crippen molar-refractivity contribution >= 4 is 0 Å². The van der Waals surface area contributed by atoms with Gasteiger partial charge in [-0.3, -0.25) is 0 Å². The van der Waals surface area contributed by atoms with Crippen LogP contribution in [0.3, 0.4) is 0 Å². The van der Waals surface area contributed by atoms with Crippen molar-refractivity contribution in [1.29, 1.82) is 0 Å². The summed E-state index contributed by atoms with van der Waals surface area (Å²) in [5.74, 6) is 0.806. The van der Waals surface area contributed by atoms with Crippen LogP contribution >= 0.6 is 0 Å². The van der Waals surface area contributed by atoms with E-state index in [0.717, 1.165) is 24.2 Å². The molecule has 0 aromatic rings. The van der Waals surface area contributed by atoms with Gasteiger partial charge in [0.1, 0.15) is 0 Å². The second-order valence-electron chi connectivity index (χ2n) is 6.22. The zero-order valence-corrected chi connectivity index (χ0v) is 9.62. The third-order valence-corrected chi connectivity index (χ3v) is 4.76. The van der Waals surface area contributed by atoms with Crippen LogP contribution in [-0.4, -0.2) is 35.7 Å². The van der Waals surface area contributed by atoms with Crippen LogP contribution in [0.4, 0.5) is 0 Å². The normalized spacial score (nSPS) is 39.8. The molecule has 3 fully saturated rings. The van der Waals surface area contributed by atoms with Gasteiger partial charge in [-0.15, -0.1) is 0 Å². The fraction of sp³-hybridized carbons (Fsp3) is 1.00. The summed E-state index contributed by atoms with van der Waals surface area (Å²) >= 11 is 0. The first-order chi connectivity index (χ1) is 7.26. The molecule has 1 N–H and O–H groups in total. The summed E-state index contributed by atoms with van der Waals surface area (Å²) in [6.45, 7) is 3.98. The predicted molar refractivity (Wildman–Crippen MR) is 60.7 cm³/mol. The molecule has 2 saturated carbocycles. The zero-order chi connectivity index (χ0) is 10.3. The molecular formula is C13H23NO. The van der Waals surface area contributed by atoms with Crippen LogP contribution in [0.15, 0.2) is 0 Å². The lowest BCUT2D eigenvalue weighted by Gasteiger charge is -2.54. The van der Waals surface area contributed by atoms with E-state index in [1.54, 1.807) is 0 Å². The lowest BCUT2D eigenvalue weighted by atomic mass is 9.68. The second-order valence-corrected chi connectivity index (χ2v) is 6.22. The molecule has 1 heterocycles. The second kappa shape index (κ2) is 3.74. The van der Waals surface area contributed by atoms with E-state index in [-0.39, 0.29) is 6.10 Å². The van der Waals surface area contributed by atoms with Gasteiger partial charge < -0.3 is 10.0 Å². The van der Waals surface area contributed by atoms with Gasteiger partial charge in [-0.2, -0.15) is 0 Å². The van der Waals surface area contributed by atoms with E-state index in [1.165, 1.54) is 51.7 Å². The van der Waals surface area contributed by atoms with E-state index in [1.807, 2.05) is 0 Å². The monoisotopic (exact) mass is 209 g/mol. The Hall–Kier alpha value is -0.0800. The first kappa shape index (κ1) is 10.1. The van der Waals surface area contributed by atoms with Gasteiger partial charge in [0.15, 0.2) is 0 Å². The lowest BCUT2D eigenvalue weighted by molar-refractivity contribution is -0.0591. The number of aliphatic hydroxyl groups is 1. The third kappa shape index (κ3) is 1.94. The smallest absolute Gasteiger partial charge is 0.0546 e. The average Bonchev–Trinajstić information content (AvgIpc) is 2.14. The SMILES string of the molecule is OC1CC(CN2CC3(CCCCC3)C2)C1.